The zero-order valence-electron chi connectivity index (χ0n) is 8.93. The van der Waals surface area contributed by atoms with Gasteiger partial charge in [-0.25, -0.2) is 4.98 Å². The van der Waals surface area contributed by atoms with Gasteiger partial charge >= 0.3 is 0 Å². The van der Waals surface area contributed by atoms with Crippen molar-refractivity contribution in [2.45, 2.75) is 13.3 Å². The van der Waals surface area contributed by atoms with Crippen LogP contribution < -0.4 is 5.32 Å². The summed E-state index contributed by atoms with van der Waals surface area (Å²) >= 11 is 1.60. The number of hydrogen-bond acceptors (Lipinski definition) is 3. The Bertz CT molecular complexity index is 462. The molecule has 4 heteroatoms. The topological polar surface area (TPSA) is 42.0 Å². The molecule has 0 aliphatic heterocycles. The molecule has 1 N–H and O–H groups in total. The lowest BCUT2D eigenvalue weighted by Gasteiger charge is -2.03. The molecule has 2 rings (SSSR count). The van der Waals surface area contributed by atoms with Crippen molar-refractivity contribution in [3.8, 4) is 10.6 Å². The fraction of sp³-hybridized carbons (Fsp3) is 0.167. The summed E-state index contributed by atoms with van der Waals surface area (Å²) in [5.41, 5.74) is 1.90. The van der Waals surface area contributed by atoms with Crippen molar-refractivity contribution in [2.75, 3.05) is 5.32 Å². The molecule has 0 aliphatic rings. The molecule has 1 heterocycles. The third-order valence-corrected chi connectivity index (χ3v) is 2.99. The van der Waals surface area contributed by atoms with Crippen molar-refractivity contribution in [1.82, 2.24) is 4.98 Å². The molecule has 82 valence electrons. The summed E-state index contributed by atoms with van der Waals surface area (Å²) in [4.78, 5) is 15.4. The minimum absolute atomic E-state index is 0.0296. The predicted octanol–water partition coefficient (Wildman–Crippen LogP) is 3.16. The van der Waals surface area contributed by atoms with E-state index in [0.717, 1.165) is 16.3 Å². The van der Waals surface area contributed by atoms with Crippen molar-refractivity contribution in [3.63, 3.8) is 0 Å². The fourth-order valence-electron chi connectivity index (χ4n) is 1.31. The Morgan fingerprint density at radius 1 is 1.38 bits per heavy atom. The van der Waals surface area contributed by atoms with Crippen LogP contribution in [0.15, 0.2) is 35.8 Å². The van der Waals surface area contributed by atoms with Gasteiger partial charge < -0.3 is 5.32 Å². The Kier molecular flexibility index (Phi) is 3.31. The van der Waals surface area contributed by atoms with E-state index in [4.69, 9.17) is 0 Å². The average Bonchev–Trinajstić information content (AvgIpc) is 2.83. The number of nitrogens with zero attached hydrogens (tertiary/aromatic N) is 1. The monoisotopic (exact) mass is 232 g/mol. The Hall–Kier alpha value is -1.68. The van der Waals surface area contributed by atoms with E-state index < -0.39 is 0 Å². The van der Waals surface area contributed by atoms with Gasteiger partial charge in [-0.3, -0.25) is 4.79 Å². The molecular weight excluding hydrogens is 220 g/mol. The third kappa shape index (κ3) is 2.46. The zero-order chi connectivity index (χ0) is 11.4. The molecule has 0 atom stereocenters. The van der Waals surface area contributed by atoms with E-state index in [1.165, 1.54) is 0 Å². The summed E-state index contributed by atoms with van der Waals surface area (Å²) in [6.45, 7) is 1.83. The summed E-state index contributed by atoms with van der Waals surface area (Å²) in [7, 11) is 0. The summed E-state index contributed by atoms with van der Waals surface area (Å²) in [5, 5.41) is 5.75. The third-order valence-electron chi connectivity index (χ3n) is 2.17. The SMILES string of the molecule is CCC(=O)Nc1ccc(-c2nccs2)cc1. The van der Waals surface area contributed by atoms with Gasteiger partial charge in [0.1, 0.15) is 5.01 Å². The van der Waals surface area contributed by atoms with Crippen molar-refractivity contribution in [3.05, 3.63) is 35.8 Å². The van der Waals surface area contributed by atoms with Crippen LogP contribution in [0.4, 0.5) is 5.69 Å². The van der Waals surface area contributed by atoms with E-state index in [0.29, 0.717) is 6.42 Å². The quantitative estimate of drug-likeness (QED) is 0.883. The molecule has 16 heavy (non-hydrogen) atoms. The van der Waals surface area contributed by atoms with E-state index in [-0.39, 0.29) is 5.91 Å². The van der Waals surface area contributed by atoms with Crippen LogP contribution in [0.25, 0.3) is 10.6 Å². The number of benzene rings is 1. The van der Waals surface area contributed by atoms with Crippen molar-refractivity contribution in [2.24, 2.45) is 0 Å². The molecular formula is C12H12N2OS. The number of amides is 1. The highest BCUT2D eigenvalue weighted by Crippen LogP contribution is 2.23. The Labute approximate surface area is 98.2 Å². The smallest absolute Gasteiger partial charge is 0.224 e. The van der Waals surface area contributed by atoms with Gasteiger partial charge in [0, 0.05) is 29.2 Å². The van der Waals surface area contributed by atoms with Crippen LogP contribution in [0.5, 0.6) is 0 Å². The van der Waals surface area contributed by atoms with Crippen LogP contribution >= 0.6 is 11.3 Å². The van der Waals surface area contributed by atoms with Gasteiger partial charge in [0.05, 0.1) is 0 Å². The maximum atomic E-state index is 11.2. The number of hydrogen-bond donors (Lipinski definition) is 1. The largest absolute Gasteiger partial charge is 0.326 e. The minimum Gasteiger partial charge on any atom is -0.326 e. The van der Waals surface area contributed by atoms with E-state index in [1.54, 1.807) is 17.5 Å². The standard InChI is InChI=1S/C12H12N2OS/c1-2-11(15)14-10-5-3-9(4-6-10)12-13-7-8-16-12/h3-8H,2H2,1H3,(H,14,15). The van der Waals surface area contributed by atoms with Gasteiger partial charge in [-0.15, -0.1) is 11.3 Å². The molecule has 0 saturated heterocycles. The lowest BCUT2D eigenvalue weighted by atomic mass is 10.2. The van der Waals surface area contributed by atoms with Crippen LogP contribution in [0, 0.1) is 0 Å². The summed E-state index contributed by atoms with van der Waals surface area (Å²) in [6.07, 6.45) is 2.28. The summed E-state index contributed by atoms with van der Waals surface area (Å²) < 4.78 is 0. The van der Waals surface area contributed by atoms with Gasteiger partial charge in [0.15, 0.2) is 0 Å². The molecule has 1 aromatic carbocycles. The van der Waals surface area contributed by atoms with E-state index in [2.05, 4.69) is 10.3 Å². The van der Waals surface area contributed by atoms with Crippen molar-refractivity contribution >= 4 is 22.9 Å². The fourth-order valence-corrected chi connectivity index (χ4v) is 1.96. The maximum absolute atomic E-state index is 11.2. The van der Waals surface area contributed by atoms with E-state index >= 15 is 0 Å². The van der Waals surface area contributed by atoms with Crippen LogP contribution in [0.3, 0.4) is 0 Å². The number of aromatic nitrogens is 1. The van der Waals surface area contributed by atoms with E-state index in [9.17, 15) is 4.79 Å². The summed E-state index contributed by atoms with van der Waals surface area (Å²) in [5.74, 6) is 0.0296. The first kappa shape index (κ1) is 10.8. The Balaban J connectivity index is 2.14. The lowest BCUT2D eigenvalue weighted by Crippen LogP contribution is -2.08. The molecule has 0 aliphatic carbocycles. The number of thiazole rings is 1. The van der Waals surface area contributed by atoms with Gasteiger partial charge in [0.25, 0.3) is 0 Å². The molecule has 0 fully saturated rings. The lowest BCUT2D eigenvalue weighted by molar-refractivity contribution is -0.115. The molecule has 1 aromatic heterocycles. The molecule has 3 nitrogen and oxygen atoms in total. The Morgan fingerprint density at radius 2 is 2.12 bits per heavy atom. The molecule has 0 unspecified atom stereocenters. The number of carbonyl (C=O) groups excluding carboxylic acids is 1. The average molecular weight is 232 g/mol. The molecule has 0 spiro atoms. The zero-order valence-corrected chi connectivity index (χ0v) is 9.75. The molecule has 2 aromatic rings. The highest BCUT2D eigenvalue weighted by Gasteiger charge is 2.01. The highest BCUT2D eigenvalue weighted by molar-refractivity contribution is 7.13. The second kappa shape index (κ2) is 4.90. The van der Waals surface area contributed by atoms with Gasteiger partial charge in [-0.05, 0) is 24.3 Å². The molecule has 0 bridgehead atoms. The van der Waals surface area contributed by atoms with Crippen LogP contribution in [0.1, 0.15) is 13.3 Å². The first-order valence-corrected chi connectivity index (χ1v) is 5.97. The highest BCUT2D eigenvalue weighted by atomic mass is 32.1. The Morgan fingerprint density at radius 3 is 2.69 bits per heavy atom. The van der Waals surface area contributed by atoms with Crippen molar-refractivity contribution in [1.29, 1.82) is 0 Å². The minimum atomic E-state index is 0.0296. The number of carbonyl (C=O) groups is 1. The van der Waals surface area contributed by atoms with Gasteiger partial charge in [-0.2, -0.15) is 0 Å². The van der Waals surface area contributed by atoms with Crippen LogP contribution in [-0.2, 0) is 4.79 Å². The number of rotatable bonds is 3. The van der Waals surface area contributed by atoms with E-state index in [1.807, 2.05) is 36.6 Å². The van der Waals surface area contributed by atoms with Gasteiger partial charge in [-0.1, -0.05) is 6.92 Å². The second-order valence-electron chi connectivity index (χ2n) is 3.32. The molecule has 0 saturated carbocycles. The predicted molar refractivity (Wildman–Crippen MR) is 66.5 cm³/mol. The molecule has 0 radical (unpaired) electrons. The first-order valence-electron chi connectivity index (χ1n) is 5.09. The second-order valence-corrected chi connectivity index (χ2v) is 4.21. The van der Waals surface area contributed by atoms with Crippen LogP contribution in [-0.4, -0.2) is 10.9 Å². The molecule has 1 amide bonds. The number of nitrogens with one attached hydrogen (secondary N) is 1. The first-order chi connectivity index (χ1) is 7.79. The van der Waals surface area contributed by atoms with Crippen molar-refractivity contribution < 1.29 is 4.79 Å². The van der Waals surface area contributed by atoms with Crippen LogP contribution in [0.2, 0.25) is 0 Å². The summed E-state index contributed by atoms with van der Waals surface area (Å²) in [6, 6.07) is 7.71. The number of anilines is 1. The maximum Gasteiger partial charge on any atom is 0.224 e. The normalized spacial score (nSPS) is 10.1. The van der Waals surface area contributed by atoms with Gasteiger partial charge in [0.2, 0.25) is 5.91 Å².